The quantitative estimate of drug-likeness (QED) is 0.844. The molecule has 0 radical (unpaired) electrons. The molecular weight excluding hydrogens is 286 g/mol. The monoisotopic (exact) mass is 311 g/mol. The standard InChI is InChI=1S/C17H26ClNO2/c1-4-12-7-5-6-8-15(12)21-17-13(11-19-2)9-14(18)10-16(17)20-3/h9-10,12,15,19H,4-8,11H2,1-3H3. The van der Waals surface area contributed by atoms with Crippen molar-refractivity contribution in [2.45, 2.75) is 51.7 Å². The topological polar surface area (TPSA) is 30.5 Å². The molecule has 1 aliphatic rings. The van der Waals surface area contributed by atoms with E-state index in [-0.39, 0.29) is 6.10 Å². The van der Waals surface area contributed by atoms with Gasteiger partial charge >= 0.3 is 0 Å². The van der Waals surface area contributed by atoms with Crippen LogP contribution in [0.3, 0.4) is 0 Å². The SMILES string of the molecule is CCC1CCCCC1Oc1c(CNC)cc(Cl)cc1OC. The van der Waals surface area contributed by atoms with Crippen LogP contribution in [0.5, 0.6) is 11.5 Å². The van der Waals surface area contributed by atoms with Crippen LogP contribution in [0, 0.1) is 5.92 Å². The smallest absolute Gasteiger partial charge is 0.166 e. The summed E-state index contributed by atoms with van der Waals surface area (Å²) in [7, 11) is 3.59. The van der Waals surface area contributed by atoms with Gasteiger partial charge in [-0.15, -0.1) is 0 Å². The summed E-state index contributed by atoms with van der Waals surface area (Å²) >= 11 is 6.17. The predicted molar refractivity (Wildman–Crippen MR) is 87.4 cm³/mol. The van der Waals surface area contributed by atoms with Gasteiger partial charge in [0.15, 0.2) is 11.5 Å². The summed E-state index contributed by atoms with van der Waals surface area (Å²) in [5.41, 5.74) is 1.06. The summed E-state index contributed by atoms with van der Waals surface area (Å²) < 4.78 is 11.9. The zero-order valence-corrected chi connectivity index (χ0v) is 14.0. The second kappa shape index (κ2) is 7.90. The lowest BCUT2D eigenvalue weighted by Gasteiger charge is -2.32. The molecule has 2 atom stereocenters. The Balaban J connectivity index is 2.28. The highest BCUT2D eigenvalue weighted by molar-refractivity contribution is 6.30. The van der Waals surface area contributed by atoms with E-state index in [4.69, 9.17) is 21.1 Å². The molecule has 2 rings (SSSR count). The molecule has 0 spiro atoms. The van der Waals surface area contributed by atoms with Gasteiger partial charge in [0.05, 0.1) is 7.11 Å². The molecule has 0 aromatic heterocycles. The first-order valence-electron chi connectivity index (χ1n) is 7.87. The molecular formula is C17H26ClNO2. The van der Waals surface area contributed by atoms with E-state index >= 15 is 0 Å². The fourth-order valence-corrected chi connectivity index (χ4v) is 3.41. The summed E-state index contributed by atoms with van der Waals surface area (Å²) in [5, 5.41) is 3.85. The van der Waals surface area contributed by atoms with E-state index in [1.54, 1.807) is 7.11 Å². The molecule has 0 amide bonds. The normalized spacial score (nSPS) is 22.1. The summed E-state index contributed by atoms with van der Waals surface area (Å²) in [5.74, 6) is 2.22. The van der Waals surface area contributed by atoms with Crippen molar-refractivity contribution in [3.05, 3.63) is 22.7 Å². The van der Waals surface area contributed by atoms with E-state index in [0.29, 0.717) is 10.9 Å². The van der Waals surface area contributed by atoms with Gasteiger partial charge in [-0.1, -0.05) is 24.9 Å². The van der Waals surface area contributed by atoms with Gasteiger partial charge in [-0.3, -0.25) is 0 Å². The molecule has 0 heterocycles. The minimum absolute atomic E-state index is 0.287. The Morgan fingerprint density at radius 1 is 1.29 bits per heavy atom. The van der Waals surface area contributed by atoms with Crippen molar-refractivity contribution in [2.24, 2.45) is 5.92 Å². The van der Waals surface area contributed by atoms with Gasteiger partial charge in [0.25, 0.3) is 0 Å². The van der Waals surface area contributed by atoms with Crippen molar-refractivity contribution in [1.82, 2.24) is 5.32 Å². The molecule has 1 saturated carbocycles. The van der Waals surface area contributed by atoms with Gasteiger partial charge in [0.2, 0.25) is 0 Å². The van der Waals surface area contributed by atoms with Crippen LogP contribution in [0.2, 0.25) is 5.02 Å². The van der Waals surface area contributed by atoms with Crippen LogP contribution >= 0.6 is 11.6 Å². The fourth-order valence-electron chi connectivity index (χ4n) is 3.18. The first-order chi connectivity index (χ1) is 10.2. The molecule has 1 fully saturated rings. The van der Waals surface area contributed by atoms with Gasteiger partial charge in [-0.25, -0.2) is 0 Å². The number of hydrogen-bond acceptors (Lipinski definition) is 3. The van der Waals surface area contributed by atoms with E-state index in [2.05, 4.69) is 12.2 Å². The molecule has 0 bridgehead atoms. The van der Waals surface area contributed by atoms with Crippen molar-refractivity contribution >= 4 is 11.6 Å². The third kappa shape index (κ3) is 4.04. The van der Waals surface area contributed by atoms with Crippen LogP contribution in [-0.2, 0) is 6.54 Å². The van der Waals surface area contributed by atoms with E-state index in [0.717, 1.165) is 30.0 Å². The second-order valence-electron chi connectivity index (χ2n) is 5.74. The van der Waals surface area contributed by atoms with Gasteiger partial charge in [0, 0.05) is 23.2 Å². The third-order valence-corrected chi connectivity index (χ3v) is 4.53. The number of nitrogens with one attached hydrogen (secondary N) is 1. The van der Waals surface area contributed by atoms with Crippen molar-refractivity contribution < 1.29 is 9.47 Å². The van der Waals surface area contributed by atoms with Crippen molar-refractivity contribution in [3.8, 4) is 11.5 Å². The number of methoxy groups -OCH3 is 1. The van der Waals surface area contributed by atoms with Crippen LogP contribution in [0.25, 0.3) is 0 Å². The number of hydrogen-bond donors (Lipinski definition) is 1. The highest BCUT2D eigenvalue weighted by Crippen LogP contribution is 2.38. The Morgan fingerprint density at radius 3 is 2.71 bits per heavy atom. The number of halogens is 1. The average molecular weight is 312 g/mol. The Hall–Kier alpha value is -0.930. The van der Waals surface area contributed by atoms with E-state index in [1.807, 2.05) is 19.2 Å². The molecule has 0 aliphatic heterocycles. The lowest BCUT2D eigenvalue weighted by Crippen LogP contribution is -2.30. The van der Waals surface area contributed by atoms with E-state index in [9.17, 15) is 0 Å². The summed E-state index contributed by atoms with van der Waals surface area (Å²) in [6.07, 6.45) is 6.41. The van der Waals surface area contributed by atoms with Crippen molar-refractivity contribution in [2.75, 3.05) is 14.2 Å². The number of rotatable bonds is 6. The third-order valence-electron chi connectivity index (χ3n) is 4.32. The highest BCUT2D eigenvalue weighted by atomic mass is 35.5. The zero-order chi connectivity index (χ0) is 15.2. The predicted octanol–water partition coefficient (Wildman–Crippen LogP) is 4.42. The average Bonchev–Trinajstić information content (AvgIpc) is 2.50. The number of ether oxygens (including phenoxy) is 2. The molecule has 1 N–H and O–H groups in total. The fraction of sp³-hybridized carbons (Fsp3) is 0.647. The Morgan fingerprint density at radius 2 is 2.05 bits per heavy atom. The van der Waals surface area contributed by atoms with Crippen molar-refractivity contribution in [1.29, 1.82) is 0 Å². The van der Waals surface area contributed by atoms with Crippen LogP contribution in [0.4, 0.5) is 0 Å². The molecule has 1 aromatic rings. The first-order valence-corrected chi connectivity index (χ1v) is 8.25. The Bertz CT molecular complexity index is 464. The van der Waals surface area contributed by atoms with Gasteiger partial charge in [-0.05, 0) is 44.7 Å². The van der Waals surface area contributed by atoms with Crippen LogP contribution < -0.4 is 14.8 Å². The maximum Gasteiger partial charge on any atom is 0.166 e. The van der Waals surface area contributed by atoms with Gasteiger partial charge in [-0.2, -0.15) is 0 Å². The van der Waals surface area contributed by atoms with Gasteiger partial charge in [0.1, 0.15) is 6.10 Å². The van der Waals surface area contributed by atoms with Gasteiger partial charge < -0.3 is 14.8 Å². The minimum Gasteiger partial charge on any atom is -0.493 e. The van der Waals surface area contributed by atoms with Crippen LogP contribution in [-0.4, -0.2) is 20.3 Å². The van der Waals surface area contributed by atoms with Crippen LogP contribution in [0.15, 0.2) is 12.1 Å². The Labute approximate surface area is 133 Å². The summed E-state index contributed by atoms with van der Waals surface area (Å²) in [4.78, 5) is 0. The maximum atomic E-state index is 6.40. The summed E-state index contributed by atoms with van der Waals surface area (Å²) in [6, 6.07) is 3.79. The lowest BCUT2D eigenvalue weighted by atomic mass is 9.84. The molecule has 1 aliphatic carbocycles. The Kier molecular flexibility index (Phi) is 6.19. The first kappa shape index (κ1) is 16.4. The van der Waals surface area contributed by atoms with E-state index in [1.165, 1.54) is 25.7 Å². The molecule has 118 valence electrons. The summed E-state index contributed by atoms with van der Waals surface area (Å²) in [6.45, 7) is 2.97. The molecule has 3 nitrogen and oxygen atoms in total. The maximum absolute atomic E-state index is 6.40. The molecule has 4 heteroatoms. The molecule has 1 aromatic carbocycles. The van der Waals surface area contributed by atoms with E-state index < -0.39 is 0 Å². The van der Waals surface area contributed by atoms with Crippen molar-refractivity contribution in [3.63, 3.8) is 0 Å². The minimum atomic E-state index is 0.287. The largest absolute Gasteiger partial charge is 0.493 e. The lowest BCUT2D eigenvalue weighted by molar-refractivity contribution is 0.0862. The molecule has 2 unspecified atom stereocenters. The molecule has 21 heavy (non-hydrogen) atoms. The molecule has 0 saturated heterocycles. The second-order valence-corrected chi connectivity index (χ2v) is 6.17. The number of benzene rings is 1. The highest BCUT2D eigenvalue weighted by Gasteiger charge is 2.27. The van der Waals surface area contributed by atoms with Crippen LogP contribution in [0.1, 0.15) is 44.6 Å². The zero-order valence-electron chi connectivity index (χ0n) is 13.2.